The van der Waals surface area contributed by atoms with Crippen molar-refractivity contribution >= 4 is 16.9 Å². The summed E-state index contributed by atoms with van der Waals surface area (Å²) in [5, 5.41) is 3.81. The Balaban J connectivity index is 1.74. The van der Waals surface area contributed by atoms with Crippen LogP contribution in [0.5, 0.6) is 0 Å². The van der Waals surface area contributed by atoms with Gasteiger partial charge in [-0.3, -0.25) is 9.78 Å². The molecule has 0 atom stereocenters. The van der Waals surface area contributed by atoms with Gasteiger partial charge in [-0.05, 0) is 36.9 Å². The van der Waals surface area contributed by atoms with Gasteiger partial charge in [0.25, 0.3) is 5.56 Å². The second-order valence-electron chi connectivity index (χ2n) is 5.94. The molecule has 0 amide bonds. The molecule has 5 heteroatoms. The van der Waals surface area contributed by atoms with Crippen LogP contribution in [0.15, 0.2) is 53.3 Å². The largest absolute Gasteiger partial charge is 0.352 e. The van der Waals surface area contributed by atoms with Crippen LogP contribution in [0.1, 0.15) is 18.1 Å². The molecule has 3 aromatic rings. The molecule has 0 bridgehead atoms. The number of rotatable bonds is 6. The maximum Gasteiger partial charge on any atom is 0.260 e. The van der Waals surface area contributed by atoms with Gasteiger partial charge in [0.1, 0.15) is 0 Å². The Morgan fingerprint density at radius 2 is 1.92 bits per heavy atom. The van der Waals surface area contributed by atoms with E-state index >= 15 is 0 Å². The third kappa shape index (κ3) is 3.81. The maximum absolute atomic E-state index is 12.1. The number of aromatic amines is 1. The summed E-state index contributed by atoms with van der Waals surface area (Å²) in [7, 11) is 2.11. The first-order valence-corrected chi connectivity index (χ1v) is 8.15. The van der Waals surface area contributed by atoms with E-state index in [0.29, 0.717) is 23.4 Å². The van der Waals surface area contributed by atoms with Crippen molar-refractivity contribution in [3.8, 4) is 0 Å². The highest BCUT2D eigenvalue weighted by Crippen LogP contribution is 2.11. The van der Waals surface area contributed by atoms with Crippen molar-refractivity contribution in [1.29, 1.82) is 0 Å². The second-order valence-corrected chi connectivity index (χ2v) is 5.94. The topological polar surface area (TPSA) is 61.0 Å². The van der Waals surface area contributed by atoms with Crippen molar-refractivity contribution < 1.29 is 0 Å². The van der Waals surface area contributed by atoms with Gasteiger partial charge in [0.05, 0.1) is 10.9 Å². The monoisotopic (exact) mass is 322 g/mol. The van der Waals surface area contributed by atoms with Crippen LogP contribution in [0.25, 0.3) is 10.9 Å². The highest BCUT2D eigenvalue weighted by atomic mass is 16.1. The molecule has 0 aliphatic rings. The van der Waals surface area contributed by atoms with E-state index < -0.39 is 0 Å². The van der Waals surface area contributed by atoms with Gasteiger partial charge < -0.3 is 10.2 Å². The number of fused-ring (bicyclic) bond motifs is 1. The zero-order valence-electron chi connectivity index (χ0n) is 14.0. The zero-order chi connectivity index (χ0) is 16.9. The van der Waals surface area contributed by atoms with Crippen molar-refractivity contribution in [2.75, 3.05) is 18.9 Å². The minimum atomic E-state index is -0.124. The molecule has 0 unspecified atom stereocenters. The quantitative estimate of drug-likeness (QED) is 0.732. The molecule has 3 rings (SSSR count). The number of nitrogens with one attached hydrogen (secondary N) is 2. The van der Waals surface area contributed by atoms with Crippen LogP contribution in [-0.4, -0.2) is 28.5 Å². The Kier molecular flexibility index (Phi) is 4.91. The third-order valence-corrected chi connectivity index (χ3v) is 4.06. The lowest BCUT2D eigenvalue weighted by Crippen LogP contribution is -2.17. The van der Waals surface area contributed by atoms with Gasteiger partial charge in [-0.15, -0.1) is 0 Å². The lowest BCUT2D eigenvalue weighted by molar-refractivity contribution is 0.345. The zero-order valence-corrected chi connectivity index (χ0v) is 14.0. The molecule has 1 aromatic heterocycles. The van der Waals surface area contributed by atoms with Gasteiger partial charge in [-0.25, -0.2) is 4.98 Å². The van der Waals surface area contributed by atoms with E-state index in [2.05, 4.69) is 58.4 Å². The first-order valence-electron chi connectivity index (χ1n) is 8.15. The lowest BCUT2D eigenvalue weighted by atomic mass is 10.1. The van der Waals surface area contributed by atoms with Crippen LogP contribution in [0, 0.1) is 0 Å². The lowest BCUT2D eigenvalue weighted by Gasteiger charge is -2.14. The Bertz CT molecular complexity index is 888. The Morgan fingerprint density at radius 1 is 1.12 bits per heavy atom. The predicted molar refractivity (Wildman–Crippen MR) is 98.1 cm³/mol. The van der Waals surface area contributed by atoms with Gasteiger partial charge in [0.15, 0.2) is 0 Å². The van der Waals surface area contributed by atoms with E-state index in [9.17, 15) is 4.79 Å². The SMILES string of the molecule is CCN(C)Cc1cccc(CNc2nc3ccccc3c(=O)[nH]2)c1. The fraction of sp³-hybridized carbons (Fsp3) is 0.263. The van der Waals surface area contributed by atoms with E-state index in [1.54, 1.807) is 6.07 Å². The third-order valence-electron chi connectivity index (χ3n) is 4.06. The summed E-state index contributed by atoms with van der Waals surface area (Å²) in [6.45, 7) is 4.71. The molecular formula is C19H22N4O. The highest BCUT2D eigenvalue weighted by Gasteiger charge is 2.04. The molecule has 0 aliphatic carbocycles. The van der Waals surface area contributed by atoms with E-state index in [1.807, 2.05) is 18.2 Å². The molecule has 124 valence electrons. The minimum Gasteiger partial charge on any atom is -0.352 e. The summed E-state index contributed by atoms with van der Waals surface area (Å²) in [5.41, 5.74) is 3.01. The van der Waals surface area contributed by atoms with Crippen LogP contribution in [0.2, 0.25) is 0 Å². The molecule has 0 spiro atoms. The maximum atomic E-state index is 12.1. The first-order chi connectivity index (χ1) is 11.7. The average Bonchev–Trinajstić information content (AvgIpc) is 2.60. The Labute approximate surface area is 141 Å². The molecule has 2 aromatic carbocycles. The molecule has 0 radical (unpaired) electrons. The summed E-state index contributed by atoms with van der Waals surface area (Å²) in [6, 6.07) is 15.8. The molecule has 2 N–H and O–H groups in total. The van der Waals surface area contributed by atoms with Crippen LogP contribution in [0.4, 0.5) is 5.95 Å². The van der Waals surface area contributed by atoms with E-state index in [4.69, 9.17) is 0 Å². The molecule has 0 saturated carbocycles. The number of hydrogen-bond donors (Lipinski definition) is 2. The molecule has 24 heavy (non-hydrogen) atoms. The normalized spacial score (nSPS) is 11.1. The van der Waals surface area contributed by atoms with Gasteiger partial charge in [0, 0.05) is 13.1 Å². The molecule has 5 nitrogen and oxygen atoms in total. The summed E-state index contributed by atoms with van der Waals surface area (Å²) in [5.74, 6) is 0.495. The van der Waals surface area contributed by atoms with Gasteiger partial charge >= 0.3 is 0 Å². The molecule has 0 fully saturated rings. The molecule has 0 saturated heterocycles. The van der Waals surface area contributed by atoms with E-state index in [0.717, 1.165) is 18.7 Å². The van der Waals surface area contributed by atoms with E-state index in [1.165, 1.54) is 5.56 Å². The van der Waals surface area contributed by atoms with Crippen molar-refractivity contribution in [2.45, 2.75) is 20.0 Å². The number of H-pyrrole nitrogens is 1. The number of hydrogen-bond acceptors (Lipinski definition) is 4. The number of aromatic nitrogens is 2. The van der Waals surface area contributed by atoms with Crippen molar-refractivity contribution in [3.63, 3.8) is 0 Å². The van der Waals surface area contributed by atoms with Gasteiger partial charge in [-0.2, -0.15) is 0 Å². The van der Waals surface area contributed by atoms with Crippen LogP contribution in [0.3, 0.4) is 0 Å². The fourth-order valence-corrected chi connectivity index (χ4v) is 2.62. The average molecular weight is 322 g/mol. The minimum absolute atomic E-state index is 0.124. The van der Waals surface area contributed by atoms with Gasteiger partial charge in [-0.1, -0.05) is 43.3 Å². The molecular weight excluding hydrogens is 300 g/mol. The second kappa shape index (κ2) is 7.27. The highest BCUT2D eigenvalue weighted by molar-refractivity contribution is 5.78. The Hall–Kier alpha value is -2.66. The molecule has 1 heterocycles. The fourth-order valence-electron chi connectivity index (χ4n) is 2.62. The first kappa shape index (κ1) is 16.2. The van der Waals surface area contributed by atoms with Crippen LogP contribution in [-0.2, 0) is 13.1 Å². The van der Waals surface area contributed by atoms with Crippen LogP contribution < -0.4 is 10.9 Å². The Morgan fingerprint density at radius 3 is 2.75 bits per heavy atom. The number of nitrogens with zero attached hydrogens (tertiary/aromatic N) is 2. The standard InChI is InChI=1S/C19H22N4O/c1-3-23(2)13-15-8-6-7-14(11-15)12-20-19-21-17-10-5-4-9-16(17)18(24)22-19/h4-11H,3,12-13H2,1-2H3,(H2,20,21,22,24). The van der Waals surface area contributed by atoms with Gasteiger partial charge in [0.2, 0.25) is 5.95 Å². The summed E-state index contributed by atoms with van der Waals surface area (Å²) in [6.07, 6.45) is 0. The van der Waals surface area contributed by atoms with Crippen molar-refractivity contribution in [3.05, 3.63) is 70.0 Å². The number of benzene rings is 2. The summed E-state index contributed by atoms with van der Waals surface area (Å²) >= 11 is 0. The van der Waals surface area contributed by atoms with Crippen molar-refractivity contribution in [1.82, 2.24) is 14.9 Å². The van der Waals surface area contributed by atoms with E-state index in [-0.39, 0.29) is 5.56 Å². The van der Waals surface area contributed by atoms with Crippen LogP contribution >= 0.6 is 0 Å². The number of para-hydroxylation sites is 1. The number of anilines is 1. The predicted octanol–water partition coefficient (Wildman–Crippen LogP) is 2.99. The molecule has 0 aliphatic heterocycles. The summed E-state index contributed by atoms with van der Waals surface area (Å²) in [4.78, 5) is 21.6. The smallest absolute Gasteiger partial charge is 0.260 e. The summed E-state index contributed by atoms with van der Waals surface area (Å²) < 4.78 is 0. The van der Waals surface area contributed by atoms with Crippen molar-refractivity contribution in [2.24, 2.45) is 0 Å².